The summed E-state index contributed by atoms with van der Waals surface area (Å²) >= 11 is 0. The minimum Gasteiger partial charge on any atom is -0.290 e. The molecule has 0 unspecified atom stereocenters. The van der Waals surface area contributed by atoms with Crippen molar-refractivity contribution < 1.29 is 9.59 Å². The SMILES string of the molecule is NNC(=O)c1ccc(C(=O)NN)c2ccccc12. The Labute approximate surface area is 103 Å². The lowest BCUT2D eigenvalue weighted by Crippen LogP contribution is -2.31. The third kappa shape index (κ3) is 1.90. The molecule has 0 fully saturated rings. The number of benzene rings is 2. The van der Waals surface area contributed by atoms with Crippen LogP contribution < -0.4 is 22.5 Å². The van der Waals surface area contributed by atoms with Crippen LogP contribution in [-0.2, 0) is 0 Å². The number of hydrogen-bond donors (Lipinski definition) is 4. The summed E-state index contributed by atoms with van der Waals surface area (Å²) in [6, 6.07) is 10.1. The van der Waals surface area contributed by atoms with Gasteiger partial charge in [-0.2, -0.15) is 0 Å². The van der Waals surface area contributed by atoms with Crippen LogP contribution in [-0.4, -0.2) is 11.8 Å². The zero-order valence-corrected chi connectivity index (χ0v) is 9.44. The Morgan fingerprint density at radius 3 is 1.50 bits per heavy atom. The highest BCUT2D eigenvalue weighted by Gasteiger charge is 2.14. The number of nitrogens with two attached hydrogens (primary N) is 2. The van der Waals surface area contributed by atoms with E-state index in [2.05, 4.69) is 10.9 Å². The Hall–Kier alpha value is -2.44. The minimum absolute atomic E-state index is 0.404. The summed E-state index contributed by atoms with van der Waals surface area (Å²) in [6.45, 7) is 0. The molecule has 0 aliphatic rings. The highest BCUT2D eigenvalue weighted by molar-refractivity contribution is 6.13. The molecule has 0 spiro atoms. The molecule has 0 saturated heterocycles. The van der Waals surface area contributed by atoms with Gasteiger partial charge in [0.2, 0.25) is 0 Å². The third-order valence-corrected chi connectivity index (χ3v) is 2.68. The van der Waals surface area contributed by atoms with Crippen molar-refractivity contribution in [3.05, 3.63) is 47.5 Å². The van der Waals surface area contributed by atoms with E-state index in [0.29, 0.717) is 21.9 Å². The van der Waals surface area contributed by atoms with Crippen molar-refractivity contribution in [3.8, 4) is 0 Å². The minimum atomic E-state index is -0.411. The molecule has 0 aliphatic heterocycles. The molecule has 2 rings (SSSR count). The van der Waals surface area contributed by atoms with Crippen LogP contribution in [0.25, 0.3) is 10.8 Å². The van der Waals surface area contributed by atoms with E-state index < -0.39 is 11.8 Å². The number of hydrogen-bond acceptors (Lipinski definition) is 4. The number of fused-ring (bicyclic) bond motifs is 1. The van der Waals surface area contributed by atoms with Gasteiger partial charge in [0.1, 0.15) is 0 Å². The van der Waals surface area contributed by atoms with E-state index in [9.17, 15) is 9.59 Å². The molecule has 6 nitrogen and oxygen atoms in total. The molecule has 0 heterocycles. The Balaban J connectivity index is 2.74. The zero-order chi connectivity index (χ0) is 13.1. The molecule has 2 aromatic rings. The summed E-state index contributed by atoms with van der Waals surface area (Å²) in [6.07, 6.45) is 0. The largest absolute Gasteiger partial charge is 0.290 e. The first-order valence-corrected chi connectivity index (χ1v) is 5.22. The molecule has 0 radical (unpaired) electrons. The smallest absolute Gasteiger partial charge is 0.265 e. The van der Waals surface area contributed by atoms with E-state index in [1.165, 1.54) is 12.1 Å². The average molecular weight is 244 g/mol. The first kappa shape index (κ1) is 12.0. The van der Waals surface area contributed by atoms with E-state index in [4.69, 9.17) is 11.7 Å². The highest BCUT2D eigenvalue weighted by atomic mass is 16.2. The maximum atomic E-state index is 11.6. The fourth-order valence-corrected chi connectivity index (χ4v) is 1.85. The Morgan fingerprint density at radius 2 is 1.17 bits per heavy atom. The first-order chi connectivity index (χ1) is 8.69. The molecular formula is C12H12N4O2. The quantitative estimate of drug-likeness (QED) is 0.340. The number of carbonyl (C=O) groups excluding carboxylic acids is 2. The number of nitrogens with one attached hydrogen (secondary N) is 2. The summed E-state index contributed by atoms with van der Waals surface area (Å²) in [5.74, 6) is 9.42. The predicted octanol–water partition coefficient (Wildman–Crippen LogP) is 0.0468. The summed E-state index contributed by atoms with van der Waals surface area (Å²) in [7, 11) is 0. The van der Waals surface area contributed by atoms with Crippen LogP contribution in [0.5, 0.6) is 0 Å². The lowest BCUT2D eigenvalue weighted by atomic mass is 9.99. The zero-order valence-electron chi connectivity index (χ0n) is 9.44. The highest BCUT2D eigenvalue weighted by Crippen LogP contribution is 2.22. The first-order valence-electron chi connectivity index (χ1n) is 5.22. The van der Waals surface area contributed by atoms with Crippen molar-refractivity contribution in [2.75, 3.05) is 0 Å². The maximum Gasteiger partial charge on any atom is 0.265 e. The standard InChI is InChI=1S/C12H12N4O2/c13-15-11(17)9-5-6-10(12(18)16-14)8-4-2-1-3-7(8)9/h1-6H,13-14H2,(H,15,17)(H,16,18). The van der Waals surface area contributed by atoms with Crippen molar-refractivity contribution in [2.24, 2.45) is 11.7 Å². The molecule has 2 aromatic carbocycles. The molecule has 2 amide bonds. The molecule has 6 N–H and O–H groups in total. The summed E-state index contributed by atoms with van der Waals surface area (Å²) < 4.78 is 0. The molecule has 0 aliphatic carbocycles. The summed E-state index contributed by atoms with van der Waals surface area (Å²) in [5.41, 5.74) is 4.95. The predicted molar refractivity (Wildman–Crippen MR) is 67.3 cm³/mol. The molecule has 0 aromatic heterocycles. The van der Waals surface area contributed by atoms with E-state index in [0.717, 1.165) is 0 Å². The van der Waals surface area contributed by atoms with Crippen LogP contribution in [0.3, 0.4) is 0 Å². The topological polar surface area (TPSA) is 110 Å². The van der Waals surface area contributed by atoms with Crippen molar-refractivity contribution in [1.82, 2.24) is 10.9 Å². The van der Waals surface area contributed by atoms with E-state index >= 15 is 0 Å². The van der Waals surface area contributed by atoms with E-state index in [-0.39, 0.29) is 0 Å². The van der Waals surface area contributed by atoms with Gasteiger partial charge in [-0.25, -0.2) is 11.7 Å². The van der Waals surface area contributed by atoms with Crippen molar-refractivity contribution in [2.45, 2.75) is 0 Å². The van der Waals surface area contributed by atoms with E-state index in [1.54, 1.807) is 24.3 Å². The van der Waals surface area contributed by atoms with Crippen molar-refractivity contribution >= 4 is 22.6 Å². The van der Waals surface area contributed by atoms with Gasteiger partial charge in [-0.05, 0) is 22.9 Å². The van der Waals surface area contributed by atoms with Gasteiger partial charge >= 0.3 is 0 Å². The molecule has 92 valence electrons. The number of amides is 2. The maximum absolute atomic E-state index is 11.6. The Kier molecular flexibility index (Phi) is 3.22. The average Bonchev–Trinajstić information content (AvgIpc) is 2.44. The number of carbonyl (C=O) groups is 2. The van der Waals surface area contributed by atoms with Crippen molar-refractivity contribution in [1.29, 1.82) is 0 Å². The monoisotopic (exact) mass is 244 g/mol. The van der Waals surface area contributed by atoms with Gasteiger partial charge in [0.25, 0.3) is 11.8 Å². The van der Waals surface area contributed by atoms with Crippen LogP contribution in [0.4, 0.5) is 0 Å². The summed E-state index contributed by atoms with van der Waals surface area (Å²) in [4.78, 5) is 23.2. The van der Waals surface area contributed by atoms with Gasteiger partial charge < -0.3 is 0 Å². The van der Waals surface area contributed by atoms with Crippen LogP contribution in [0.1, 0.15) is 20.7 Å². The Bertz CT molecular complexity index is 570. The molecule has 6 heteroatoms. The molecule has 0 saturated carbocycles. The van der Waals surface area contributed by atoms with Gasteiger partial charge in [-0.15, -0.1) is 0 Å². The van der Waals surface area contributed by atoms with Crippen LogP contribution in [0, 0.1) is 0 Å². The van der Waals surface area contributed by atoms with Gasteiger partial charge in [0.05, 0.1) is 0 Å². The van der Waals surface area contributed by atoms with Crippen LogP contribution >= 0.6 is 0 Å². The van der Waals surface area contributed by atoms with Gasteiger partial charge in [0.15, 0.2) is 0 Å². The van der Waals surface area contributed by atoms with Crippen LogP contribution in [0.2, 0.25) is 0 Å². The normalized spacial score (nSPS) is 10.1. The van der Waals surface area contributed by atoms with Gasteiger partial charge in [0, 0.05) is 11.1 Å². The second-order valence-corrected chi connectivity index (χ2v) is 3.65. The lowest BCUT2D eigenvalue weighted by Gasteiger charge is -2.09. The Morgan fingerprint density at radius 1 is 0.778 bits per heavy atom. The fourth-order valence-electron chi connectivity index (χ4n) is 1.85. The van der Waals surface area contributed by atoms with Crippen molar-refractivity contribution in [3.63, 3.8) is 0 Å². The molecular weight excluding hydrogens is 232 g/mol. The summed E-state index contributed by atoms with van der Waals surface area (Å²) in [5, 5.41) is 1.28. The third-order valence-electron chi connectivity index (χ3n) is 2.68. The molecule has 0 bridgehead atoms. The fraction of sp³-hybridized carbons (Fsp3) is 0. The molecule has 18 heavy (non-hydrogen) atoms. The second-order valence-electron chi connectivity index (χ2n) is 3.65. The van der Waals surface area contributed by atoms with Crippen LogP contribution in [0.15, 0.2) is 36.4 Å². The number of rotatable bonds is 2. The second kappa shape index (κ2) is 4.82. The lowest BCUT2D eigenvalue weighted by molar-refractivity contribution is 0.0944. The number of hydrazine groups is 2. The van der Waals surface area contributed by atoms with Gasteiger partial charge in [-0.3, -0.25) is 20.4 Å². The van der Waals surface area contributed by atoms with E-state index in [1.807, 2.05) is 0 Å². The van der Waals surface area contributed by atoms with Gasteiger partial charge in [-0.1, -0.05) is 24.3 Å². The number of nitrogen functional groups attached to an aromatic ring is 2. The molecule has 0 atom stereocenters.